The van der Waals surface area contributed by atoms with Crippen molar-refractivity contribution in [3.8, 4) is 0 Å². The quantitative estimate of drug-likeness (QED) is 0.861. The van der Waals surface area contributed by atoms with Gasteiger partial charge in [0.1, 0.15) is 0 Å². The molecule has 2 fully saturated rings. The Labute approximate surface area is 147 Å². The largest absolute Gasteiger partial charge is 0.338 e. The van der Waals surface area contributed by atoms with E-state index in [1.54, 1.807) is 24.5 Å². The minimum absolute atomic E-state index is 0.133. The summed E-state index contributed by atoms with van der Waals surface area (Å²) in [5.74, 6) is 1.29. The maximum atomic E-state index is 12.6. The number of carbonyl (C=O) groups is 1. The third kappa shape index (κ3) is 3.17. The van der Waals surface area contributed by atoms with Crippen molar-refractivity contribution in [3.05, 3.63) is 64.9 Å². The van der Waals surface area contributed by atoms with Gasteiger partial charge in [0, 0.05) is 55.7 Å². The first-order chi connectivity index (χ1) is 11.7. The van der Waals surface area contributed by atoms with E-state index in [1.165, 1.54) is 5.56 Å². The van der Waals surface area contributed by atoms with Crippen LogP contribution in [0.25, 0.3) is 0 Å². The molecule has 0 spiro atoms. The van der Waals surface area contributed by atoms with Crippen molar-refractivity contribution < 1.29 is 4.79 Å². The van der Waals surface area contributed by atoms with Crippen LogP contribution in [0.15, 0.2) is 48.8 Å². The van der Waals surface area contributed by atoms with Crippen LogP contribution in [0.4, 0.5) is 0 Å². The summed E-state index contributed by atoms with van der Waals surface area (Å²) < 4.78 is 0. The van der Waals surface area contributed by atoms with Gasteiger partial charge in [0.15, 0.2) is 0 Å². The zero-order valence-electron chi connectivity index (χ0n) is 13.4. The van der Waals surface area contributed by atoms with Crippen molar-refractivity contribution in [2.75, 3.05) is 26.2 Å². The molecular weight excluding hydrogens is 322 g/mol. The van der Waals surface area contributed by atoms with Crippen LogP contribution in [-0.4, -0.2) is 46.9 Å². The highest BCUT2D eigenvalue weighted by Crippen LogP contribution is 2.32. The first kappa shape index (κ1) is 15.6. The van der Waals surface area contributed by atoms with E-state index in [2.05, 4.69) is 16.0 Å². The Morgan fingerprint density at radius 3 is 2.46 bits per heavy atom. The monoisotopic (exact) mass is 341 g/mol. The number of pyridine rings is 1. The molecule has 2 aliphatic rings. The Balaban J connectivity index is 1.36. The molecule has 0 saturated carbocycles. The smallest absolute Gasteiger partial charge is 0.253 e. The summed E-state index contributed by atoms with van der Waals surface area (Å²) in [6.45, 7) is 4.76. The Bertz CT molecular complexity index is 722. The highest BCUT2D eigenvalue weighted by Gasteiger charge is 2.41. The first-order valence-corrected chi connectivity index (χ1v) is 8.73. The molecule has 0 aliphatic carbocycles. The summed E-state index contributed by atoms with van der Waals surface area (Å²) >= 11 is 6.07. The molecule has 2 unspecified atom stereocenters. The number of aromatic nitrogens is 1. The first-order valence-electron chi connectivity index (χ1n) is 8.35. The van der Waals surface area contributed by atoms with Crippen molar-refractivity contribution in [1.29, 1.82) is 0 Å². The SMILES string of the molecule is O=C(c1ccncc1)N1CC2CN(Cc3cccc(Cl)c3)CC2C1. The summed E-state index contributed by atoms with van der Waals surface area (Å²) in [4.78, 5) is 21.0. The molecule has 1 aromatic heterocycles. The predicted octanol–water partition coefficient (Wildman–Crippen LogP) is 2.94. The van der Waals surface area contributed by atoms with Gasteiger partial charge in [0.25, 0.3) is 5.91 Å². The molecule has 1 aromatic carbocycles. The molecule has 0 radical (unpaired) electrons. The molecule has 2 atom stereocenters. The van der Waals surface area contributed by atoms with E-state index in [0.717, 1.165) is 43.3 Å². The van der Waals surface area contributed by atoms with E-state index in [1.807, 2.05) is 23.1 Å². The fraction of sp³-hybridized carbons (Fsp3) is 0.368. The molecule has 24 heavy (non-hydrogen) atoms. The van der Waals surface area contributed by atoms with Crippen LogP contribution >= 0.6 is 11.6 Å². The van der Waals surface area contributed by atoms with E-state index in [0.29, 0.717) is 11.8 Å². The molecule has 2 saturated heterocycles. The van der Waals surface area contributed by atoms with E-state index in [-0.39, 0.29) is 5.91 Å². The lowest BCUT2D eigenvalue weighted by atomic mass is 10.0. The molecular formula is C19H20ClN3O. The van der Waals surface area contributed by atoms with Crippen molar-refractivity contribution in [3.63, 3.8) is 0 Å². The van der Waals surface area contributed by atoms with Gasteiger partial charge in [-0.15, -0.1) is 0 Å². The summed E-state index contributed by atoms with van der Waals surface area (Å²) in [6, 6.07) is 11.7. The standard InChI is InChI=1S/C19H20ClN3O/c20-18-3-1-2-14(8-18)9-22-10-16-12-23(13-17(16)11-22)19(24)15-4-6-21-7-5-15/h1-8,16-17H,9-13H2. The van der Waals surface area contributed by atoms with E-state index in [9.17, 15) is 4.79 Å². The van der Waals surface area contributed by atoms with Crippen LogP contribution in [0.3, 0.4) is 0 Å². The summed E-state index contributed by atoms with van der Waals surface area (Å²) in [5.41, 5.74) is 1.99. The second-order valence-corrected chi connectivity index (χ2v) is 7.23. The number of carbonyl (C=O) groups excluding carboxylic acids is 1. The maximum absolute atomic E-state index is 12.6. The van der Waals surface area contributed by atoms with Crippen LogP contribution in [0, 0.1) is 11.8 Å². The van der Waals surface area contributed by atoms with Crippen molar-refractivity contribution in [2.45, 2.75) is 6.54 Å². The van der Waals surface area contributed by atoms with E-state index < -0.39 is 0 Å². The van der Waals surface area contributed by atoms with Crippen molar-refractivity contribution in [2.24, 2.45) is 11.8 Å². The van der Waals surface area contributed by atoms with Crippen molar-refractivity contribution in [1.82, 2.24) is 14.8 Å². The number of likely N-dealkylation sites (tertiary alicyclic amines) is 2. The second-order valence-electron chi connectivity index (χ2n) is 6.79. The average Bonchev–Trinajstić information content (AvgIpc) is 3.13. The number of hydrogen-bond donors (Lipinski definition) is 0. The van der Waals surface area contributed by atoms with Gasteiger partial charge < -0.3 is 4.90 Å². The zero-order chi connectivity index (χ0) is 16.5. The van der Waals surface area contributed by atoms with Gasteiger partial charge >= 0.3 is 0 Å². The van der Waals surface area contributed by atoms with Gasteiger partial charge in [-0.2, -0.15) is 0 Å². The van der Waals surface area contributed by atoms with Crippen LogP contribution in [0.2, 0.25) is 5.02 Å². The number of fused-ring (bicyclic) bond motifs is 1. The molecule has 4 rings (SSSR count). The molecule has 124 valence electrons. The van der Waals surface area contributed by atoms with Crippen LogP contribution < -0.4 is 0 Å². The number of benzene rings is 1. The Morgan fingerprint density at radius 1 is 1.08 bits per heavy atom. The van der Waals surface area contributed by atoms with Gasteiger partial charge in [-0.05, 0) is 41.7 Å². The Kier molecular flexibility index (Phi) is 4.25. The maximum Gasteiger partial charge on any atom is 0.253 e. The Morgan fingerprint density at radius 2 is 1.79 bits per heavy atom. The van der Waals surface area contributed by atoms with Gasteiger partial charge in [-0.25, -0.2) is 0 Å². The normalized spacial score (nSPS) is 23.5. The third-order valence-electron chi connectivity index (χ3n) is 5.07. The predicted molar refractivity (Wildman–Crippen MR) is 93.8 cm³/mol. The fourth-order valence-corrected chi connectivity index (χ4v) is 4.17. The molecule has 0 N–H and O–H groups in total. The minimum Gasteiger partial charge on any atom is -0.338 e. The number of nitrogens with zero attached hydrogens (tertiary/aromatic N) is 3. The molecule has 2 aromatic rings. The lowest BCUT2D eigenvalue weighted by Gasteiger charge is -2.21. The topological polar surface area (TPSA) is 36.4 Å². The van der Waals surface area contributed by atoms with Crippen LogP contribution in [-0.2, 0) is 6.54 Å². The molecule has 4 nitrogen and oxygen atoms in total. The van der Waals surface area contributed by atoms with Gasteiger partial charge in [-0.3, -0.25) is 14.7 Å². The summed E-state index contributed by atoms with van der Waals surface area (Å²) in [6.07, 6.45) is 3.35. The minimum atomic E-state index is 0.133. The fourth-order valence-electron chi connectivity index (χ4n) is 3.96. The van der Waals surface area contributed by atoms with Gasteiger partial charge in [0.05, 0.1) is 0 Å². The lowest BCUT2D eigenvalue weighted by Crippen LogP contribution is -2.33. The second kappa shape index (κ2) is 6.54. The van der Waals surface area contributed by atoms with E-state index >= 15 is 0 Å². The highest BCUT2D eigenvalue weighted by atomic mass is 35.5. The van der Waals surface area contributed by atoms with Gasteiger partial charge in [-0.1, -0.05) is 23.7 Å². The summed E-state index contributed by atoms with van der Waals surface area (Å²) in [7, 11) is 0. The number of amides is 1. The number of hydrogen-bond acceptors (Lipinski definition) is 3. The average molecular weight is 342 g/mol. The Hall–Kier alpha value is -1.91. The molecule has 3 heterocycles. The highest BCUT2D eigenvalue weighted by molar-refractivity contribution is 6.30. The molecule has 5 heteroatoms. The molecule has 2 aliphatic heterocycles. The van der Waals surface area contributed by atoms with Crippen LogP contribution in [0.1, 0.15) is 15.9 Å². The third-order valence-corrected chi connectivity index (χ3v) is 5.31. The lowest BCUT2D eigenvalue weighted by molar-refractivity contribution is 0.0773. The van der Waals surface area contributed by atoms with Crippen molar-refractivity contribution >= 4 is 17.5 Å². The zero-order valence-corrected chi connectivity index (χ0v) is 14.2. The molecule has 0 bridgehead atoms. The summed E-state index contributed by atoms with van der Waals surface area (Å²) in [5, 5.41) is 0.793. The molecule has 1 amide bonds. The number of rotatable bonds is 3. The van der Waals surface area contributed by atoms with Crippen LogP contribution in [0.5, 0.6) is 0 Å². The number of halogens is 1. The van der Waals surface area contributed by atoms with Gasteiger partial charge in [0.2, 0.25) is 0 Å². The van der Waals surface area contributed by atoms with E-state index in [4.69, 9.17) is 11.6 Å².